The highest BCUT2D eigenvalue weighted by molar-refractivity contribution is 5.74. The highest BCUT2D eigenvalue weighted by Gasteiger charge is 2.23. The van der Waals surface area contributed by atoms with Crippen molar-refractivity contribution in [3.63, 3.8) is 0 Å². The van der Waals surface area contributed by atoms with Gasteiger partial charge < -0.3 is 11.1 Å². The molecule has 1 saturated carbocycles. The molecule has 15 heavy (non-hydrogen) atoms. The van der Waals surface area contributed by atoms with Gasteiger partial charge in [-0.1, -0.05) is 39.0 Å². The standard InChI is InChI=1S/C12H25N3/c1-2-3-9-11(15-12(13)14)10-7-5-4-6-8-10/h10-11H,2-9H2,1H3,(H4,13,14,15). The zero-order valence-corrected chi connectivity index (χ0v) is 9.89. The van der Waals surface area contributed by atoms with Crippen molar-refractivity contribution in [2.75, 3.05) is 0 Å². The Labute approximate surface area is 93.3 Å². The van der Waals surface area contributed by atoms with Crippen LogP contribution in [0.4, 0.5) is 0 Å². The summed E-state index contributed by atoms with van der Waals surface area (Å²) in [4.78, 5) is 0. The van der Waals surface area contributed by atoms with Gasteiger partial charge in [-0.25, -0.2) is 0 Å². The molecule has 4 N–H and O–H groups in total. The van der Waals surface area contributed by atoms with Crippen molar-refractivity contribution >= 4 is 5.96 Å². The molecular formula is C12H25N3. The maximum Gasteiger partial charge on any atom is 0.185 e. The maximum absolute atomic E-state index is 7.35. The van der Waals surface area contributed by atoms with E-state index in [-0.39, 0.29) is 5.96 Å². The van der Waals surface area contributed by atoms with E-state index in [1.807, 2.05) is 0 Å². The van der Waals surface area contributed by atoms with E-state index >= 15 is 0 Å². The average Bonchev–Trinajstić information content (AvgIpc) is 2.25. The van der Waals surface area contributed by atoms with Crippen LogP contribution >= 0.6 is 0 Å². The van der Waals surface area contributed by atoms with E-state index in [4.69, 9.17) is 11.1 Å². The van der Waals surface area contributed by atoms with E-state index in [1.54, 1.807) is 0 Å². The van der Waals surface area contributed by atoms with Gasteiger partial charge in [0.1, 0.15) is 0 Å². The molecule has 0 bridgehead atoms. The molecule has 3 nitrogen and oxygen atoms in total. The van der Waals surface area contributed by atoms with Gasteiger partial charge in [-0.2, -0.15) is 0 Å². The summed E-state index contributed by atoms with van der Waals surface area (Å²) in [7, 11) is 0. The molecular weight excluding hydrogens is 186 g/mol. The fourth-order valence-corrected chi connectivity index (χ4v) is 2.59. The highest BCUT2D eigenvalue weighted by atomic mass is 15.1. The van der Waals surface area contributed by atoms with Crippen LogP contribution in [0.2, 0.25) is 0 Å². The van der Waals surface area contributed by atoms with Crippen LogP contribution < -0.4 is 11.1 Å². The van der Waals surface area contributed by atoms with Crippen LogP contribution in [0.15, 0.2) is 0 Å². The molecule has 88 valence electrons. The Morgan fingerprint density at radius 3 is 2.60 bits per heavy atom. The van der Waals surface area contributed by atoms with Gasteiger partial charge >= 0.3 is 0 Å². The van der Waals surface area contributed by atoms with Crippen LogP contribution in [0, 0.1) is 11.3 Å². The summed E-state index contributed by atoms with van der Waals surface area (Å²) >= 11 is 0. The molecule has 1 rings (SSSR count). The van der Waals surface area contributed by atoms with Crippen molar-refractivity contribution < 1.29 is 0 Å². The molecule has 0 heterocycles. The lowest BCUT2D eigenvalue weighted by molar-refractivity contribution is 0.274. The topological polar surface area (TPSA) is 61.9 Å². The van der Waals surface area contributed by atoms with E-state index in [0.717, 1.165) is 5.92 Å². The molecule has 1 unspecified atom stereocenters. The van der Waals surface area contributed by atoms with Crippen LogP contribution in [-0.4, -0.2) is 12.0 Å². The van der Waals surface area contributed by atoms with Crippen molar-refractivity contribution in [3.05, 3.63) is 0 Å². The molecule has 1 atom stereocenters. The molecule has 1 fully saturated rings. The molecule has 1 aliphatic carbocycles. The first-order valence-electron chi connectivity index (χ1n) is 6.34. The lowest BCUT2D eigenvalue weighted by Crippen LogP contribution is -2.44. The number of nitrogens with one attached hydrogen (secondary N) is 2. The SMILES string of the molecule is CCCCC(NC(=N)N)C1CCCCC1. The Bertz CT molecular complexity index is 185. The minimum absolute atomic E-state index is 0.140. The first-order valence-corrected chi connectivity index (χ1v) is 6.34. The Kier molecular flexibility index (Phi) is 5.51. The minimum atomic E-state index is 0.140. The van der Waals surface area contributed by atoms with Crippen LogP contribution in [0.3, 0.4) is 0 Å². The van der Waals surface area contributed by atoms with Crippen LogP contribution in [0.5, 0.6) is 0 Å². The third-order valence-corrected chi connectivity index (χ3v) is 3.43. The number of unbranched alkanes of at least 4 members (excludes halogenated alkanes) is 1. The summed E-state index contributed by atoms with van der Waals surface area (Å²) in [6.07, 6.45) is 10.4. The first kappa shape index (κ1) is 12.3. The normalized spacial score (nSPS) is 19.8. The predicted octanol–water partition coefficient (Wildman–Crippen LogP) is 2.61. The second kappa shape index (κ2) is 6.70. The summed E-state index contributed by atoms with van der Waals surface area (Å²) in [5.74, 6) is 0.885. The Balaban J connectivity index is 2.41. The largest absolute Gasteiger partial charge is 0.370 e. The number of guanidine groups is 1. The average molecular weight is 211 g/mol. The van der Waals surface area contributed by atoms with Crippen molar-refractivity contribution in [1.82, 2.24) is 5.32 Å². The summed E-state index contributed by atoms with van der Waals surface area (Å²) in [6.45, 7) is 2.21. The molecule has 0 saturated heterocycles. The predicted molar refractivity (Wildman–Crippen MR) is 64.9 cm³/mol. The Morgan fingerprint density at radius 2 is 2.07 bits per heavy atom. The summed E-state index contributed by atoms with van der Waals surface area (Å²) in [5.41, 5.74) is 5.44. The summed E-state index contributed by atoms with van der Waals surface area (Å²) < 4.78 is 0. The molecule has 0 aromatic carbocycles. The third-order valence-electron chi connectivity index (χ3n) is 3.43. The zero-order valence-electron chi connectivity index (χ0n) is 9.89. The van der Waals surface area contributed by atoms with E-state index < -0.39 is 0 Å². The molecule has 1 aliphatic rings. The second-order valence-electron chi connectivity index (χ2n) is 4.70. The van der Waals surface area contributed by atoms with Crippen LogP contribution in [0.1, 0.15) is 58.3 Å². The highest BCUT2D eigenvalue weighted by Crippen LogP contribution is 2.28. The Morgan fingerprint density at radius 1 is 1.40 bits per heavy atom. The van der Waals surface area contributed by atoms with Crippen molar-refractivity contribution in [3.8, 4) is 0 Å². The quantitative estimate of drug-likeness (QED) is 0.483. The molecule has 3 heteroatoms. The summed E-state index contributed by atoms with van der Waals surface area (Å²) in [5, 5.41) is 10.5. The summed E-state index contributed by atoms with van der Waals surface area (Å²) in [6, 6.07) is 0.447. The van der Waals surface area contributed by atoms with Gasteiger partial charge in [0.05, 0.1) is 0 Å². The lowest BCUT2D eigenvalue weighted by atomic mass is 9.82. The molecule has 0 amide bonds. The molecule has 0 aromatic rings. The fourth-order valence-electron chi connectivity index (χ4n) is 2.59. The van der Waals surface area contributed by atoms with Gasteiger partial charge in [0.2, 0.25) is 0 Å². The van der Waals surface area contributed by atoms with Crippen LogP contribution in [-0.2, 0) is 0 Å². The zero-order chi connectivity index (χ0) is 11.1. The number of rotatable bonds is 5. The molecule has 0 aliphatic heterocycles. The third kappa shape index (κ3) is 4.54. The molecule has 0 aromatic heterocycles. The number of hydrogen-bond donors (Lipinski definition) is 3. The first-order chi connectivity index (χ1) is 7.24. The Hall–Kier alpha value is -0.730. The van der Waals surface area contributed by atoms with Gasteiger partial charge in [0.25, 0.3) is 0 Å². The van der Waals surface area contributed by atoms with E-state index in [0.29, 0.717) is 6.04 Å². The minimum Gasteiger partial charge on any atom is -0.370 e. The van der Waals surface area contributed by atoms with E-state index in [2.05, 4.69) is 12.2 Å². The van der Waals surface area contributed by atoms with Gasteiger partial charge in [0.15, 0.2) is 5.96 Å². The van der Waals surface area contributed by atoms with Gasteiger partial charge in [-0.3, -0.25) is 5.41 Å². The monoisotopic (exact) mass is 211 g/mol. The fraction of sp³-hybridized carbons (Fsp3) is 0.917. The maximum atomic E-state index is 7.35. The van der Waals surface area contributed by atoms with Crippen molar-refractivity contribution in [2.24, 2.45) is 11.7 Å². The number of nitrogens with two attached hydrogens (primary N) is 1. The van der Waals surface area contributed by atoms with Crippen LogP contribution in [0.25, 0.3) is 0 Å². The van der Waals surface area contributed by atoms with Gasteiger partial charge in [0, 0.05) is 6.04 Å². The van der Waals surface area contributed by atoms with Gasteiger partial charge in [-0.05, 0) is 25.2 Å². The lowest BCUT2D eigenvalue weighted by Gasteiger charge is -2.31. The van der Waals surface area contributed by atoms with Gasteiger partial charge in [-0.15, -0.1) is 0 Å². The van der Waals surface area contributed by atoms with E-state index in [9.17, 15) is 0 Å². The second-order valence-corrected chi connectivity index (χ2v) is 4.70. The molecule has 0 spiro atoms. The van der Waals surface area contributed by atoms with Crippen molar-refractivity contribution in [1.29, 1.82) is 5.41 Å². The van der Waals surface area contributed by atoms with E-state index in [1.165, 1.54) is 51.4 Å². The molecule has 0 radical (unpaired) electrons. The smallest absolute Gasteiger partial charge is 0.185 e. The number of hydrogen-bond acceptors (Lipinski definition) is 1. The van der Waals surface area contributed by atoms with Crippen molar-refractivity contribution in [2.45, 2.75) is 64.3 Å².